The summed E-state index contributed by atoms with van der Waals surface area (Å²) < 4.78 is 5.71. The van der Waals surface area contributed by atoms with Gasteiger partial charge in [-0.05, 0) is 60.3 Å². The third-order valence-corrected chi connectivity index (χ3v) is 8.12. The molecule has 5 rings (SSSR count). The first-order chi connectivity index (χ1) is 16.4. The number of amides is 2. The molecule has 0 saturated heterocycles. The summed E-state index contributed by atoms with van der Waals surface area (Å²) in [6.07, 6.45) is 2.24. The van der Waals surface area contributed by atoms with Crippen molar-refractivity contribution in [2.45, 2.75) is 44.2 Å². The van der Waals surface area contributed by atoms with Gasteiger partial charge >= 0.3 is 12.1 Å². The van der Waals surface area contributed by atoms with Crippen LogP contribution in [0.15, 0.2) is 48.5 Å². The molecule has 34 heavy (non-hydrogen) atoms. The zero-order valence-corrected chi connectivity index (χ0v) is 19.4. The Hall–Kier alpha value is -3.35. The summed E-state index contributed by atoms with van der Waals surface area (Å²) in [7, 11) is 1.53. The third kappa shape index (κ3) is 3.73. The average Bonchev–Trinajstić information content (AvgIpc) is 3.53. The summed E-state index contributed by atoms with van der Waals surface area (Å²) in [5.74, 6) is -1.32. The van der Waals surface area contributed by atoms with E-state index in [9.17, 15) is 19.5 Å². The fourth-order valence-electron chi connectivity index (χ4n) is 6.22. The van der Waals surface area contributed by atoms with E-state index in [1.54, 1.807) is 0 Å². The zero-order valence-electron chi connectivity index (χ0n) is 19.4. The molecule has 2 fully saturated rings. The van der Waals surface area contributed by atoms with E-state index >= 15 is 0 Å². The van der Waals surface area contributed by atoms with Crippen LogP contribution in [-0.4, -0.2) is 53.7 Å². The molecular weight excluding hydrogens is 432 g/mol. The van der Waals surface area contributed by atoms with Crippen LogP contribution in [0.3, 0.4) is 0 Å². The normalized spacial score (nSPS) is 25.4. The molecule has 7 heteroatoms. The van der Waals surface area contributed by atoms with E-state index in [4.69, 9.17) is 4.74 Å². The Labute approximate surface area is 199 Å². The van der Waals surface area contributed by atoms with Gasteiger partial charge in [0.25, 0.3) is 0 Å². The first-order valence-corrected chi connectivity index (χ1v) is 12.0. The molecule has 178 valence electrons. The number of nitrogens with one attached hydrogen (secondary N) is 1. The largest absolute Gasteiger partial charge is 0.480 e. The average molecular weight is 463 g/mol. The lowest BCUT2D eigenvalue weighted by Gasteiger charge is -2.34. The number of likely N-dealkylation sites (N-methyl/N-ethyl adjacent to an activating group) is 1. The van der Waals surface area contributed by atoms with Gasteiger partial charge in [0.1, 0.15) is 12.6 Å². The van der Waals surface area contributed by atoms with E-state index in [1.807, 2.05) is 24.3 Å². The summed E-state index contributed by atoms with van der Waals surface area (Å²) in [5.41, 5.74) is 4.63. The van der Waals surface area contributed by atoms with Gasteiger partial charge < -0.3 is 20.1 Å². The second-order valence-corrected chi connectivity index (χ2v) is 9.82. The molecule has 0 radical (unpaired) electrons. The molecule has 0 aliphatic heterocycles. The lowest BCUT2D eigenvalue weighted by molar-refractivity contribution is -0.151. The smallest absolute Gasteiger partial charge is 0.407 e. The van der Waals surface area contributed by atoms with Crippen molar-refractivity contribution in [3.05, 3.63) is 59.7 Å². The van der Waals surface area contributed by atoms with E-state index in [0.29, 0.717) is 0 Å². The van der Waals surface area contributed by atoms with E-state index < -0.39 is 24.0 Å². The Bertz CT molecular complexity index is 1090. The van der Waals surface area contributed by atoms with E-state index in [0.717, 1.165) is 30.4 Å². The Balaban J connectivity index is 1.27. The molecule has 2 N–H and O–H groups in total. The van der Waals surface area contributed by atoms with Crippen LogP contribution in [0.4, 0.5) is 4.79 Å². The van der Waals surface area contributed by atoms with Crippen LogP contribution < -0.4 is 5.32 Å². The van der Waals surface area contributed by atoms with Crippen LogP contribution in [0.5, 0.6) is 0 Å². The Morgan fingerprint density at radius 3 is 2.24 bits per heavy atom. The molecule has 0 aromatic heterocycles. The minimum atomic E-state index is -1.04. The molecule has 2 saturated carbocycles. The molecule has 2 amide bonds. The number of aliphatic carboxylic acids is 1. The monoisotopic (exact) mass is 462 g/mol. The van der Waals surface area contributed by atoms with Crippen LogP contribution in [0.1, 0.15) is 43.2 Å². The molecule has 2 aromatic carbocycles. The van der Waals surface area contributed by atoms with Gasteiger partial charge in [-0.2, -0.15) is 0 Å². The van der Waals surface area contributed by atoms with Gasteiger partial charge in [-0.25, -0.2) is 9.59 Å². The number of carbonyl (C=O) groups excluding carboxylic acids is 2. The van der Waals surface area contributed by atoms with Crippen LogP contribution in [0.2, 0.25) is 0 Å². The first kappa shape index (κ1) is 22.4. The van der Waals surface area contributed by atoms with Gasteiger partial charge in [0.05, 0.1) is 5.92 Å². The molecule has 0 heterocycles. The number of rotatable bonds is 6. The maximum absolute atomic E-state index is 13.2. The van der Waals surface area contributed by atoms with E-state index in [1.165, 1.54) is 30.0 Å². The number of ether oxygens (including phenoxy) is 1. The highest BCUT2D eigenvalue weighted by Gasteiger charge is 2.52. The van der Waals surface area contributed by atoms with Crippen LogP contribution in [0, 0.1) is 17.8 Å². The quantitative estimate of drug-likeness (QED) is 0.679. The van der Waals surface area contributed by atoms with Gasteiger partial charge in [-0.1, -0.05) is 48.5 Å². The van der Waals surface area contributed by atoms with Crippen molar-refractivity contribution in [3.63, 3.8) is 0 Å². The zero-order chi connectivity index (χ0) is 24.0. The van der Waals surface area contributed by atoms with Crippen molar-refractivity contribution < 1.29 is 24.2 Å². The third-order valence-electron chi connectivity index (χ3n) is 8.12. The lowest BCUT2D eigenvalue weighted by atomic mass is 9.83. The predicted octanol–water partition coefficient (Wildman–Crippen LogP) is 3.87. The molecule has 2 aromatic rings. The van der Waals surface area contributed by atoms with E-state index in [2.05, 4.69) is 29.6 Å². The summed E-state index contributed by atoms with van der Waals surface area (Å²) in [6.45, 7) is 1.72. The Kier molecular flexibility index (Phi) is 5.80. The summed E-state index contributed by atoms with van der Waals surface area (Å²) in [5, 5.41) is 12.3. The Morgan fingerprint density at radius 1 is 1.03 bits per heavy atom. The number of hydrogen-bond acceptors (Lipinski definition) is 4. The molecule has 4 unspecified atom stereocenters. The van der Waals surface area contributed by atoms with Crippen molar-refractivity contribution in [1.82, 2.24) is 10.2 Å². The minimum Gasteiger partial charge on any atom is -0.480 e. The summed E-state index contributed by atoms with van der Waals surface area (Å²) >= 11 is 0. The number of hydrogen-bond donors (Lipinski definition) is 2. The van der Waals surface area contributed by atoms with Crippen LogP contribution in [-0.2, 0) is 14.3 Å². The van der Waals surface area contributed by atoms with Gasteiger partial charge in [-0.15, -0.1) is 0 Å². The van der Waals surface area contributed by atoms with Crippen molar-refractivity contribution in [2.24, 2.45) is 17.8 Å². The van der Waals surface area contributed by atoms with Gasteiger partial charge in [-0.3, -0.25) is 4.79 Å². The molecular formula is C27H30N2O5. The molecule has 3 aliphatic rings. The fraction of sp³-hybridized carbons (Fsp3) is 0.444. The highest BCUT2D eigenvalue weighted by Crippen LogP contribution is 2.49. The predicted molar refractivity (Wildman–Crippen MR) is 126 cm³/mol. The highest BCUT2D eigenvalue weighted by atomic mass is 16.5. The number of carbonyl (C=O) groups is 3. The van der Waals surface area contributed by atoms with Crippen molar-refractivity contribution in [2.75, 3.05) is 13.7 Å². The number of carboxylic acids is 1. The van der Waals surface area contributed by atoms with Gasteiger partial charge in [0.15, 0.2) is 0 Å². The number of nitrogens with zero attached hydrogens (tertiary/aromatic N) is 1. The SMILES string of the molecule is C[C@@H](C(=O)O)N(C)C(=O)C1C2CCC(C2)C1NC(=O)OCC1c2ccccc2-c2ccccc21. The van der Waals surface area contributed by atoms with Crippen molar-refractivity contribution in [1.29, 1.82) is 0 Å². The minimum absolute atomic E-state index is 0.0295. The second kappa shape index (κ2) is 8.78. The molecule has 7 nitrogen and oxygen atoms in total. The second-order valence-electron chi connectivity index (χ2n) is 9.82. The molecule has 5 atom stereocenters. The first-order valence-electron chi connectivity index (χ1n) is 12.0. The summed E-state index contributed by atoms with van der Waals surface area (Å²) in [6, 6.07) is 15.1. The van der Waals surface area contributed by atoms with Gasteiger partial charge in [0, 0.05) is 19.0 Å². The van der Waals surface area contributed by atoms with Crippen molar-refractivity contribution in [3.8, 4) is 11.1 Å². The molecule has 2 bridgehead atoms. The number of carboxylic acid groups (broad SMARTS) is 1. The standard InChI is InChI=1S/C27H30N2O5/c1-15(26(31)32)29(2)25(30)23-16-11-12-17(13-16)24(23)28-27(33)34-14-22-20-9-5-3-7-18(20)19-8-4-6-10-21(19)22/h3-10,15-17,22-24H,11-14H2,1-2H3,(H,28,33)(H,31,32)/t15-,16?,17?,23?,24?/m0/s1. The summed E-state index contributed by atoms with van der Waals surface area (Å²) in [4.78, 5) is 38.7. The van der Waals surface area contributed by atoms with Gasteiger partial charge in [0.2, 0.25) is 5.91 Å². The van der Waals surface area contributed by atoms with E-state index in [-0.39, 0.29) is 36.3 Å². The maximum Gasteiger partial charge on any atom is 0.407 e. The fourth-order valence-corrected chi connectivity index (χ4v) is 6.22. The number of alkyl carbamates (subject to hydrolysis) is 1. The molecule has 0 spiro atoms. The topological polar surface area (TPSA) is 95.9 Å². The number of benzene rings is 2. The van der Waals surface area contributed by atoms with Crippen LogP contribution in [0.25, 0.3) is 11.1 Å². The maximum atomic E-state index is 13.2. The van der Waals surface area contributed by atoms with Crippen molar-refractivity contribution >= 4 is 18.0 Å². The molecule has 3 aliphatic carbocycles. The number of fused-ring (bicyclic) bond motifs is 5. The Morgan fingerprint density at radius 2 is 1.62 bits per heavy atom. The van der Waals surface area contributed by atoms with Crippen LogP contribution >= 0.6 is 0 Å². The lowest BCUT2D eigenvalue weighted by Crippen LogP contribution is -2.52. The highest BCUT2D eigenvalue weighted by molar-refractivity contribution is 5.86.